The highest BCUT2D eigenvalue weighted by Crippen LogP contribution is 2.32. The molecule has 0 radical (unpaired) electrons. The van der Waals surface area contributed by atoms with Gasteiger partial charge in [0.1, 0.15) is 6.04 Å². The van der Waals surface area contributed by atoms with Crippen molar-refractivity contribution in [3.63, 3.8) is 0 Å². The minimum Gasteiger partial charge on any atom is -0.464 e. The highest BCUT2D eigenvalue weighted by atomic mass is 16.5. The molecule has 0 fully saturated rings. The van der Waals surface area contributed by atoms with Crippen LogP contribution in [0.4, 0.5) is 5.69 Å². The fraction of sp³-hybridized carbons (Fsp3) is 0.286. The van der Waals surface area contributed by atoms with Crippen LogP contribution in [0.1, 0.15) is 12.5 Å². The van der Waals surface area contributed by atoms with Gasteiger partial charge in [0.05, 0.1) is 6.61 Å². The number of benzene rings is 1. The van der Waals surface area contributed by atoms with E-state index >= 15 is 0 Å². The van der Waals surface area contributed by atoms with E-state index in [4.69, 9.17) is 4.74 Å². The Morgan fingerprint density at radius 2 is 2.22 bits per heavy atom. The van der Waals surface area contributed by atoms with Crippen LogP contribution in [-0.4, -0.2) is 24.5 Å². The van der Waals surface area contributed by atoms with Gasteiger partial charge in [-0.1, -0.05) is 24.8 Å². The van der Waals surface area contributed by atoms with Crippen LogP contribution >= 0.6 is 0 Å². The van der Waals surface area contributed by atoms with Crippen LogP contribution in [0.15, 0.2) is 36.9 Å². The quantitative estimate of drug-likeness (QED) is 0.601. The molecule has 4 nitrogen and oxygen atoms in total. The van der Waals surface area contributed by atoms with Gasteiger partial charge in [0, 0.05) is 12.1 Å². The van der Waals surface area contributed by atoms with Crippen molar-refractivity contribution in [1.82, 2.24) is 0 Å². The third-order valence-electron chi connectivity index (χ3n) is 2.95. The van der Waals surface area contributed by atoms with Gasteiger partial charge >= 0.3 is 5.97 Å². The van der Waals surface area contributed by atoms with E-state index in [0.717, 1.165) is 11.3 Å². The van der Waals surface area contributed by atoms with Gasteiger partial charge in [0.2, 0.25) is 0 Å². The molecule has 18 heavy (non-hydrogen) atoms. The molecule has 0 saturated heterocycles. The number of carbonyl (C=O) groups excluding carboxylic acids is 2. The van der Waals surface area contributed by atoms with Gasteiger partial charge in [-0.15, -0.1) is 0 Å². The van der Waals surface area contributed by atoms with Gasteiger partial charge < -0.3 is 4.74 Å². The molecule has 94 valence electrons. The molecule has 4 heteroatoms. The van der Waals surface area contributed by atoms with Crippen LogP contribution in [0.2, 0.25) is 0 Å². The number of esters is 1. The van der Waals surface area contributed by atoms with E-state index in [-0.39, 0.29) is 11.9 Å². The van der Waals surface area contributed by atoms with Crippen LogP contribution in [0, 0.1) is 0 Å². The summed E-state index contributed by atoms with van der Waals surface area (Å²) in [5, 5.41) is 0. The standard InChI is InChI=1S/C14H15NO3/c1-3-13(16)15-11-8-6-5-7-10(11)9-12(15)14(17)18-4-2/h3,5-8,12H,1,4,9H2,2H3. The summed E-state index contributed by atoms with van der Waals surface area (Å²) < 4.78 is 5.01. The first-order valence-electron chi connectivity index (χ1n) is 5.89. The fourth-order valence-electron chi connectivity index (χ4n) is 2.18. The largest absolute Gasteiger partial charge is 0.464 e. The van der Waals surface area contributed by atoms with E-state index in [1.165, 1.54) is 11.0 Å². The summed E-state index contributed by atoms with van der Waals surface area (Å²) in [7, 11) is 0. The number of anilines is 1. The van der Waals surface area contributed by atoms with E-state index < -0.39 is 6.04 Å². The average molecular weight is 245 g/mol. The first-order valence-corrected chi connectivity index (χ1v) is 5.89. The van der Waals surface area contributed by atoms with Crippen molar-refractivity contribution in [1.29, 1.82) is 0 Å². The molecular weight excluding hydrogens is 230 g/mol. The summed E-state index contributed by atoms with van der Waals surface area (Å²) in [6, 6.07) is 6.90. The van der Waals surface area contributed by atoms with E-state index in [1.807, 2.05) is 24.3 Å². The van der Waals surface area contributed by atoms with Gasteiger partial charge in [-0.2, -0.15) is 0 Å². The number of rotatable bonds is 3. The van der Waals surface area contributed by atoms with E-state index in [1.54, 1.807) is 6.92 Å². The zero-order chi connectivity index (χ0) is 13.1. The van der Waals surface area contributed by atoms with Gasteiger partial charge in [-0.05, 0) is 24.6 Å². The van der Waals surface area contributed by atoms with Crippen LogP contribution in [0.3, 0.4) is 0 Å². The smallest absolute Gasteiger partial charge is 0.329 e. The van der Waals surface area contributed by atoms with Crippen molar-refractivity contribution in [3.05, 3.63) is 42.5 Å². The summed E-state index contributed by atoms with van der Waals surface area (Å²) in [5.74, 6) is -0.651. The monoisotopic (exact) mass is 245 g/mol. The van der Waals surface area contributed by atoms with Crippen LogP contribution in [0.5, 0.6) is 0 Å². The van der Waals surface area contributed by atoms with Crippen molar-refractivity contribution < 1.29 is 14.3 Å². The second-order valence-corrected chi connectivity index (χ2v) is 4.01. The molecule has 2 rings (SSSR count). The predicted octanol–water partition coefficient (Wildman–Crippen LogP) is 1.69. The zero-order valence-electron chi connectivity index (χ0n) is 10.3. The number of para-hydroxylation sites is 1. The number of fused-ring (bicyclic) bond motifs is 1. The normalized spacial score (nSPS) is 17.2. The van der Waals surface area contributed by atoms with Crippen LogP contribution in [-0.2, 0) is 20.7 Å². The van der Waals surface area contributed by atoms with Crippen LogP contribution < -0.4 is 4.90 Å². The lowest BCUT2D eigenvalue weighted by Gasteiger charge is -2.22. The Hall–Kier alpha value is -2.10. The molecule has 1 aliphatic heterocycles. The van der Waals surface area contributed by atoms with Gasteiger partial charge in [0.15, 0.2) is 0 Å². The number of amides is 1. The molecule has 0 aromatic heterocycles. The fourth-order valence-corrected chi connectivity index (χ4v) is 2.18. The molecule has 0 saturated carbocycles. The highest BCUT2D eigenvalue weighted by Gasteiger charge is 2.38. The van der Waals surface area contributed by atoms with E-state index in [9.17, 15) is 9.59 Å². The molecule has 1 aromatic carbocycles. The first-order chi connectivity index (χ1) is 8.69. The maximum atomic E-state index is 11.9. The molecule has 1 aliphatic rings. The highest BCUT2D eigenvalue weighted by molar-refractivity contribution is 6.07. The van der Waals surface area contributed by atoms with E-state index in [2.05, 4.69) is 6.58 Å². The van der Waals surface area contributed by atoms with Crippen molar-refractivity contribution in [2.45, 2.75) is 19.4 Å². The second kappa shape index (κ2) is 5.04. The summed E-state index contributed by atoms with van der Waals surface area (Å²) in [4.78, 5) is 25.2. The molecule has 0 bridgehead atoms. The summed E-state index contributed by atoms with van der Waals surface area (Å²) >= 11 is 0. The second-order valence-electron chi connectivity index (χ2n) is 4.01. The Morgan fingerprint density at radius 1 is 1.50 bits per heavy atom. The number of ether oxygens (including phenoxy) is 1. The minimum atomic E-state index is -0.576. The summed E-state index contributed by atoms with van der Waals surface area (Å²) in [5.41, 5.74) is 1.74. The maximum absolute atomic E-state index is 11.9. The number of nitrogens with zero attached hydrogens (tertiary/aromatic N) is 1. The molecule has 1 unspecified atom stereocenters. The van der Waals surface area contributed by atoms with E-state index in [0.29, 0.717) is 13.0 Å². The van der Waals surface area contributed by atoms with Gasteiger partial charge in [-0.25, -0.2) is 4.79 Å². The first kappa shape index (κ1) is 12.4. The van der Waals surface area contributed by atoms with Gasteiger partial charge in [0.25, 0.3) is 5.91 Å². The van der Waals surface area contributed by atoms with Crippen molar-refractivity contribution >= 4 is 17.6 Å². The Labute approximate surface area is 106 Å². The lowest BCUT2D eigenvalue weighted by atomic mass is 10.1. The number of hydrogen-bond acceptors (Lipinski definition) is 3. The molecule has 0 spiro atoms. The topological polar surface area (TPSA) is 46.6 Å². The Morgan fingerprint density at radius 3 is 2.89 bits per heavy atom. The average Bonchev–Trinajstić information content (AvgIpc) is 2.77. The Balaban J connectivity index is 2.36. The SMILES string of the molecule is C=CC(=O)N1c2ccccc2CC1C(=O)OCC. The molecule has 1 atom stereocenters. The summed E-state index contributed by atoms with van der Waals surface area (Å²) in [6.45, 7) is 5.53. The number of carbonyl (C=O) groups is 2. The molecular formula is C14H15NO3. The third-order valence-corrected chi connectivity index (χ3v) is 2.95. The molecule has 0 aliphatic carbocycles. The van der Waals surface area contributed by atoms with Crippen molar-refractivity contribution in [2.24, 2.45) is 0 Å². The third kappa shape index (κ3) is 2.01. The molecule has 1 aromatic rings. The van der Waals surface area contributed by atoms with Crippen LogP contribution in [0.25, 0.3) is 0 Å². The molecule has 1 heterocycles. The lowest BCUT2D eigenvalue weighted by Crippen LogP contribution is -2.43. The molecule has 0 N–H and O–H groups in total. The Kier molecular flexibility index (Phi) is 3.46. The predicted molar refractivity (Wildman–Crippen MR) is 68.3 cm³/mol. The molecule has 1 amide bonds. The lowest BCUT2D eigenvalue weighted by molar-refractivity contribution is -0.145. The minimum absolute atomic E-state index is 0.280. The van der Waals surface area contributed by atoms with Gasteiger partial charge in [-0.3, -0.25) is 9.69 Å². The zero-order valence-corrected chi connectivity index (χ0v) is 10.3. The number of hydrogen-bond donors (Lipinski definition) is 0. The van der Waals surface area contributed by atoms with Crippen molar-refractivity contribution in [3.8, 4) is 0 Å². The van der Waals surface area contributed by atoms with Crippen molar-refractivity contribution in [2.75, 3.05) is 11.5 Å². The Bertz CT molecular complexity index is 496. The summed E-state index contributed by atoms with van der Waals surface area (Å²) in [6.07, 6.45) is 1.71. The maximum Gasteiger partial charge on any atom is 0.329 e.